The van der Waals surface area contributed by atoms with Crippen molar-refractivity contribution >= 4 is 27.6 Å². The minimum Gasteiger partial charge on any atom is -0.274 e. The van der Waals surface area contributed by atoms with Crippen LogP contribution in [0.5, 0.6) is 0 Å². The van der Waals surface area contributed by atoms with E-state index in [0.717, 1.165) is 29.5 Å². The molecule has 2 heterocycles. The fourth-order valence-electron chi connectivity index (χ4n) is 3.47. The van der Waals surface area contributed by atoms with Crippen LogP contribution in [0.2, 0.25) is 5.15 Å². The molecule has 9 heteroatoms. The maximum Gasteiger partial charge on any atom is 0.267 e. The predicted octanol–water partition coefficient (Wildman–Crippen LogP) is 5.22. The van der Waals surface area contributed by atoms with Crippen LogP contribution >= 0.6 is 11.6 Å². The standard InChI is InChI=1S/C23H30ClN5O2S/c1-15(2)11-12-16-9-7-8-10-18(16)20-19(23(3,4)5)21(24)27-22(26-20)28-32(30,31)17-13-25-29(6)14-17/h7-10,13-15H,11-12H2,1-6H3,(H,26,27,28). The van der Waals surface area contributed by atoms with Gasteiger partial charge in [-0.1, -0.05) is 70.5 Å². The average molecular weight is 476 g/mol. The predicted molar refractivity (Wildman–Crippen MR) is 128 cm³/mol. The Morgan fingerprint density at radius 1 is 1.16 bits per heavy atom. The number of aromatic nitrogens is 4. The zero-order valence-electron chi connectivity index (χ0n) is 19.3. The lowest BCUT2D eigenvalue weighted by Crippen LogP contribution is -2.19. The summed E-state index contributed by atoms with van der Waals surface area (Å²) in [5.74, 6) is 0.487. The van der Waals surface area contributed by atoms with Crippen LogP contribution in [0.4, 0.5) is 5.95 Å². The minimum atomic E-state index is -3.91. The number of aryl methyl sites for hydroxylation is 2. The van der Waals surface area contributed by atoms with Gasteiger partial charge in [0.1, 0.15) is 10.0 Å². The third kappa shape index (κ3) is 5.48. The van der Waals surface area contributed by atoms with Crippen LogP contribution in [0.15, 0.2) is 41.6 Å². The molecule has 2 aromatic heterocycles. The van der Waals surface area contributed by atoms with Gasteiger partial charge in [0.15, 0.2) is 0 Å². The molecule has 0 amide bonds. The highest BCUT2D eigenvalue weighted by Gasteiger charge is 2.28. The smallest absolute Gasteiger partial charge is 0.267 e. The number of sulfonamides is 1. The summed E-state index contributed by atoms with van der Waals surface area (Å²) in [6.07, 6.45) is 4.60. The van der Waals surface area contributed by atoms with E-state index in [2.05, 4.69) is 39.7 Å². The number of nitrogens with zero attached hydrogens (tertiary/aromatic N) is 4. The van der Waals surface area contributed by atoms with Gasteiger partial charge in [-0.25, -0.2) is 18.1 Å². The molecule has 0 unspecified atom stereocenters. The van der Waals surface area contributed by atoms with Crippen LogP contribution in [-0.4, -0.2) is 28.2 Å². The Bertz CT molecular complexity index is 1210. The summed E-state index contributed by atoms with van der Waals surface area (Å²) in [5, 5.41) is 4.16. The van der Waals surface area contributed by atoms with E-state index < -0.39 is 10.0 Å². The van der Waals surface area contributed by atoms with Gasteiger partial charge >= 0.3 is 0 Å². The van der Waals surface area contributed by atoms with Gasteiger partial charge in [-0.3, -0.25) is 4.68 Å². The van der Waals surface area contributed by atoms with Gasteiger partial charge in [-0.05, 0) is 29.7 Å². The Hall–Kier alpha value is -2.45. The first-order valence-electron chi connectivity index (χ1n) is 10.6. The zero-order valence-corrected chi connectivity index (χ0v) is 20.9. The van der Waals surface area contributed by atoms with Crippen molar-refractivity contribution in [2.24, 2.45) is 13.0 Å². The van der Waals surface area contributed by atoms with Gasteiger partial charge in [-0.15, -0.1) is 0 Å². The van der Waals surface area contributed by atoms with Crippen molar-refractivity contribution in [1.82, 2.24) is 19.7 Å². The van der Waals surface area contributed by atoms with Crippen molar-refractivity contribution in [2.75, 3.05) is 4.72 Å². The Kier molecular flexibility index (Phi) is 6.95. The van der Waals surface area contributed by atoms with Crippen LogP contribution in [0.3, 0.4) is 0 Å². The van der Waals surface area contributed by atoms with Crippen LogP contribution in [0, 0.1) is 5.92 Å². The Balaban J connectivity index is 2.14. The number of nitrogens with one attached hydrogen (secondary N) is 1. The molecule has 0 saturated carbocycles. The molecule has 7 nitrogen and oxygen atoms in total. The molecule has 1 aromatic carbocycles. The second kappa shape index (κ2) is 9.19. The molecule has 0 fully saturated rings. The number of benzene rings is 1. The van der Waals surface area contributed by atoms with Crippen LogP contribution < -0.4 is 4.72 Å². The molecule has 1 N–H and O–H groups in total. The monoisotopic (exact) mass is 475 g/mol. The SMILES string of the molecule is CC(C)CCc1ccccc1-c1nc(NS(=O)(=O)c2cnn(C)c2)nc(Cl)c1C(C)(C)C. The van der Waals surface area contributed by atoms with Gasteiger partial charge in [-0.2, -0.15) is 10.1 Å². The highest BCUT2D eigenvalue weighted by molar-refractivity contribution is 7.92. The van der Waals surface area contributed by atoms with Gasteiger partial charge in [0.2, 0.25) is 5.95 Å². The normalized spacial score (nSPS) is 12.4. The molecule has 0 spiro atoms. The first-order chi connectivity index (χ1) is 14.9. The lowest BCUT2D eigenvalue weighted by molar-refractivity contribution is 0.583. The first kappa shape index (κ1) is 24.2. The number of anilines is 1. The summed E-state index contributed by atoms with van der Waals surface area (Å²) in [4.78, 5) is 8.97. The Morgan fingerprint density at radius 2 is 1.84 bits per heavy atom. The van der Waals surface area contributed by atoms with Crippen molar-refractivity contribution in [3.8, 4) is 11.3 Å². The maximum absolute atomic E-state index is 12.8. The van der Waals surface area contributed by atoms with Crippen LogP contribution in [0.25, 0.3) is 11.3 Å². The van der Waals surface area contributed by atoms with E-state index >= 15 is 0 Å². The lowest BCUT2D eigenvalue weighted by atomic mass is 9.83. The highest BCUT2D eigenvalue weighted by Crippen LogP contribution is 2.38. The molecule has 3 rings (SSSR count). The molecule has 0 atom stereocenters. The molecular formula is C23H30ClN5O2S. The molecule has 0 bridgehead atoms. The first-order valence-corrected chi connectivity index (χ1v) is 12.4. The largest absolute Gasteiger partial charge is 0.274 e. The van der Waals surface area contributed by atoms with E-state index in [1.165, 1.54) is 17.1 Å². The van der Waals surface area contributed by atoms with Crippen molar-refractivity contribution in [1.29, 1.82) is 0 Å². The third-order valence-corrected chi connectivity index (χ3v) is 6.65. The molecular weight excluding hydrogens is 446 g/mol. The summed E-state index contributed by atoms with van der Waals surface area (Å²) in [5.41, 5.74) is 3.14. The van der Waals surface area contributed by atoms with E-state index in [4.69, 9.17) is 11.6 Å². The van der Waals surface area contributed by atoms with E-state index in [0.29, 0.717) is 11.6 Å². The molecule has 0 aliphatic rings. The Labute approximate surface area is 195 Å². The molecule has 0 saturated heterocycles. The molecule has 0 aliphatic heterocycles. The van der Waals surface area contributed by atoms with Gasteiger partial charge in [0, 0.05) is 24.4 Å². The molecule has 3 aromatic rings. The van der Waals surface area contributed by atoms with E-state index in [1.54, 1.807) is 7.05 Å². The topological polar surface area (TPSA) is 89.8 Å². The van der Waals surface area contributed by atoms with Gasteiger partial charge in [0.05, 0.1) is 11.9 Å². The van der Waals surface area contributed by atoms with Crippen molar-refractivity contribution in [2.45, 2.75) is 57.8 Å². The van der Waals surface area contributed by atoms with Gasteiger partial charge < -0.3 is 0 Å². The zero-order chi connectivity index (χ0) is 23.7. The second-order valence-electron chi connectivity index (χ2n) is 9.36. The average Bonchev–Trinajstić information content (AvgIpc) is 3.12. The van der Waals surface area contributed by atoms with E-state index in [-0.39, 0.29) is 21.4 Å². The number of rotatable bonds is 7. The lowest BCUT2D eigenvalue weighted by Gasteiger charge is -2.25. The summed E-state index contributed by atoms with van der Waals surface area (Å²) >= 11 is 6.63. The minimum absolute atomic E-state index is 0.0264. The second-order valence-corrected chi connectivity index (χ2v) is 11.4. The number of halogens is 1. The summed E-state index contributed by atoms with van der Waals surface area (Å²) in [7, 11) is -2.26. The number of hydrogen-bond acceptors (Lipinski definition) is 5. The van der Waals surface area contributed by atoms with Crippen LogP contribution in [-0.2, 0) is 28.9 Å². The van der Waals surface area contributed by atoms with E-state index in [9.17, 15) is 8.42 Å². The summed E-state index contributed by atoms with van der Waals surface area (Å²) in [6, 6.07) is 8.05. The summed E-state index contributed by atoms with van der Waals surface area (Å²) < 4.78 is 29.5. The van der Waals surface area contributed by atoms with Crippen molar-refractivity contribution < 1.29 is 8.42 Å². The number of hydrogen-bond donors (Lipinski definition) is 1. The quantitative estimate of drug-likeness (QED) is 0.473. The van der Waals surface area contributed by atoms with Crippen LogP contribution in [0.1, 0.15) is 52.2 Å². The van der Waals surface area contributed by atoms with Gasteiger partial charge in [0.25, 0.3) is 10.0 Å². The third-order valence-electron chi connectivity index (χ3n) is 5.10. The molecule has 0 aliphatic carbocycles. The van der Waals surface area contributed by atoms with E-state index in [1.807, 2.05) is 39.0 Å². The Morgan fingerprint density at radius 3 is 2.44 bits per heavy atom. The summed E-state index contributed by atoms with van der Waals surface area (Å²) in [6.45, 7) is 10.5. The fourth-order valence-corrected chi connectivity index (χ4v) is 4.85. The fraction of sp³-hybridized carbons (Fsp3) is 0.435. The molecule has 172 valence electrons. The molecule has 0 radical (unpaired) electrons. The van der Waals surface area contributed by atoms with Crippen molar-refractivity contribution in [3.05, 3.63) is 52.9 Å². The maximum atomic E-state index is 12.8. The highest BCUT2D eigenvalue weighted by atomic mass is 35.5. The molecule has 32 heavy (non-hydrogen) atoms. The van der Waals surface area contributed by atoms with Crippen molar-refractivity contribution in [3.63, 3.8) is 0 Å².